The normalized spacial score (nSPS) is 10.7. The summed E-state index contributed by atoms with van der Waals surface area (Å²) in [7, 11) is 0. The van der Waals surface area contributed by atoms with Crippen molar-refractivity contribution in [2.24, 2.45) is 0 Å². The van der Waals surface area contributed by atoms with E-state index in [0.29, 0.717) is 16.5 Å². The Labute approximate surface area is 137 Å². The van der Waals surface area contributed by atoms with Gasteiger partial charge in [0.1, 0.15) is 12.4 Å². The van der Waals surface area contributed by atoms with Crippen molar-refractivity contribution >= 4 is 16.9 Å². The average molecular weight is 326 g/mol. The van der Waals surface area contributed by atoms with E-state index in [0.717, 1.165) is 0 Å². The highest BCUT2D eigenvalue weighted by molar-refractivity contribution is 5.77. The van der Waals surface area contributed by atoms with Crippen molar-refractivity contribution in [2.75, 3.05) is 0 Å². The molecular formula is C18H15FN2O3. The fourth-order valence-electron chi connectivity index (χ4n) is 2.32. The molecule has 0 unspecified atom stereocenters. The molecule has 0 N–H and O–H groups in total. The third-order valence-electron chi connectivity index (χ3n) is 3.63. The number of hydrogen-bond donors (Lipinski definition) is 0. The van der Waals surface area contributed by atoms with Crippen LogP contribution in [0.25, 0.3) is 10.9 Å². The molecule has 3 aromatic rings. The van der Waals surface area contributed by atoms with Crippen LogP contribution in [0.1, 0.15) is 12.0 Å². The Kier molecular flexibility index (Phi) is 4.65. The zero-order valence-corrected chi connectivity index (χ0v) is 12.8. The lowest BCUT2D eigenvalue weighted by Crippen LogP contribution is -2.22. The van der Waals surface area contributed by atoms with Crippen molar-refractivity contribution in [1.29, 1.82) is 0 Å². The zero-order valence-electron chi connectivity index (χ0n) is 12.8. The molecule has 24 heavy (non-hydrogen) atoms. The Bertz CT molecular complexity index is 937. The zero-order chi connectivity index (χ0) is 16.9. The van der Waals surface area contributed by atoms with Crippen LogP contribution in [0.3, 0.4) is 0 Å². The van der Waals surface area contributed by atoms with Crippen molar-refractivity contribution in [3.05, 3.63) is 76.6 Å². The number of fused-ring (bicyclic) bond motifs is 1. The molecule has 0 fully saturated rings. The number of ether oxygens (including phenoxy) is 1. The lowest BCUT2D eigenvalue weighted by molar-refractivity contribution is -0.145. The van der Waals surface area contributed by atoms with Crippen molar-refractivity contribution in [2.45, 2.75) is 19.6 Å². The number of rotatable bonds is 5. The predicted molar refractivity (Wildman–Crippen MR) is 86.8 cm³/mol. The van der Waals surface area contributed by atoms with Gasteiger partial charge in [-0.3, -0.25) is 14.2 Å². The third kappa shape index (κ3) is 3.48. The number of carbonyl (C=O) groups is 1. The van der Waals surface area contributed by atoms with Gasteiger partial charge in [-0.25, -0.2) is 9.37 Å². The summed E-state index contributed by atoms with van der Waals surface area (Å²) in [6.45, 7) is 0.0309. The molecule has 0 spiro atoms. The van der Waals surface area contributed by atoms with Gasteiger partial charge in [0, 0.05) is 12.1 Å². The van der Waals surface area contributed by atoms with Gasteiger partial charge in [0.25, 0.3) is 5.56 Å². The number of para-hydroxylation sites is 1. The molecule has 0 aliphatic heterocycles. The number of aromatic nitrogens is 2. The van der Waals surface area contributed by atoms with E-state index in [4.69, 9.17) is 4.74 Å². The standard InChI is InChI=1S/C18H15FN2O3/c19-15-7-3-1-5-13(15)11-24-17(22)9-10-21-12-20-16-8-4-2-6-14(16)18(21)23/h1-8,12H,9-11H2. The number of aryl methyl sites for hydroxylation is 1. The van der Waals surface area contributed by atoms with E-state index in [1.165, 1.54) is 17.0 Å². The first-order chi connectivity index (χ1) is 11.6. The van der Waals surface area contributed by atoms with Gasteiger partial charge in [0.2, 0.25) is 0 Å². The van der Waals surface area contributed by atoms with Crippen LogP contribution < -0.4 is 5.56 Å². The first kappa shape index (κ1) is 15.9. The summed E-state index contributed by atoms with van der Waals surface area (Å²) in [4.78, 5) is 28.3. The number of nitrogens with zero attached hydrogens (tertiary/aromatic N) is 2. The van der Waals surface area contributed by atoms with Gasteiger partial charge in [-0.2, -0.15) is 0 Å². The van der Waals surface area contributed by atoms with Crippen LogP contribution in [0.5, 0.6) is 0 Å². The first-order valence-electron chi connectivity index (χ1n) is 7.48. The Morgan fingerprint density at radius 2 is 1.88 bits per heavy atom. The Morgan fingerprint density at radius 3 is 2.71 bits per heavy atom. The van der Waals surface area contributed by atoms with Crippen molar-refractivity contribution in [1.82, 2.24) is 9.55 Å². The molecule has 122 valence electrons. The number of carbonyl (C=O) groups excluding carboxylic acids is 1. The molecule has 1 heterocycles. The molecule has 1 aromatic heterocycles. The van der Waals surface area contributed by atoms with Crippen molar-refractivity contribution < 1.29 is 13.9 Å². The lowest BCUT2D eigenvalue weighted by Gasteiger charge is -2.08. The Balaban J connectivity index is 1.61. The largest absolute Gasteiger partial charge is 0.461 e. The molecule has 2 aromatic carbocycles. The van der Waals surface area contributed by atoms with Gasteiger partial charge in [0.15, 0.2) is 0 Å². The van der Waals surface area contributed by atoms with E-state index in [2.05, 4.69) is 4.98 Å². The molecule has 0 bridgehead atoms. The van der Waals surface area contributed by atoms with Gasteiger partial charge in [-0.1, -0.05) is 30.3 Å². The van der Waals surface area contributed by atoms with E-state index >= 15 is 0 Å². The lowest BCUT2D eigenvalue weighted by atomic mass is 10.2. The second kappa shape index (κ2) is 7.04. The molecule has 0 saturated heterocycles. The maximum Gasteiger partial charge on any atom is 0.307 e. The summed E-state index contributed by atoms with van der Waals surface area (Å²) in [5.41, 5.74) is 0.721. The Hall–Kier alpha value is -3.02. The third-order valence-corrected chi connectivity index (χ3v) is 3.63. The molecule has 6 heteroatoms. The highest BCUT2D eigenvalue weighted by atomic mass is 19.1. The summed E-state index contributed by atoms with van der Waals surface area (Å²) < 4.78 is 19.9. The highest BCUT2D eigenvalue weighted by Crippen LogP contribution is 2.09. The molecule has 0 aliphatic rings. The summed E-state index contributed by atoms with van der Waals surface area (Å²) in [6, 6.07) is 13.1. The SMILES string of the molecule is O=C(CCn1cnc2ccccc2c1=O)OCc1ccccc1F. The number of hydrogen-bond acceptors (Lipinski definition) is 4. The minimum absolute atomic E-state index is 0.00831. The maximum absolute atomic E-state index is 13.4. The summed E-state index contributed by atoms with van der Waals surface area (Å²) in [5.74, 6) is -0.918. The van der Waals surface area contributed by atoms with Crippen LogP contribution in [0.15, 0.2) is 59.7 Å². The van der Waals surface area contributed by atoms with Crippen LogP contribution >= 0.6 is 0 Å². The van der Waals surface area contributed by atoms with Crippen LogP contribution in [0.2, 0.25) is 0 Å². The van der Waals surface area contributed by atoms with Gasteiger partial charge < -0.3 is 4.74 Å². The smallest absolute Gasteiger partial charge is 0.307 e. The number of esters is 1. The molecule has 3 rings (SSSR count). The summed E-state index contributed by atoms with van der Waals surface area (Å²) in [6.07, 6.45) is 1.42. The van der Waals surface area contributed by atoms with Gasteiger partial charge in [-0.15, -0.1) is 0 Å². The fraction of sp³-hybridized carbons (Fsp3) is 0.167. The van der Waals surface area contributed by atoms with Gasteiger partial charge >= 0.3 is 5.97 Å². The van der Waals surface area contributed by atoms with E-state index < -0.39 is 11.8 Å². The van der Waals surface area contributed by atoms with Gasteiger partial charge in [0.05, 0.1) is 23.7 Å². The van der Waals surface area contributed by atoms with Crippen LogP contribution in [0.4, 0.5) is 4.39 Å². The summed E-state index contributed by atoms with van der Waals surface area (Å²) in [5, 5.41) is 0.500. The molecule has 5 nitrogen and oxygen atoms in total. The second-order valence-electron chi connectivity index (χ2n) is 5.26. The molecule has 0 aliphatic carbocycles. The quantitative estimate of drug-likeness (QED) is 0.676. The molecule has 0 atom stereocenters. The molecular weight excluding hydrogens is 311 g/mol. The Morgan fingerprint density at radius 1 is 1.12 bits per heavy atom. The number of benzene rings is 2. The van der Waals surface area contributed by atoms with Crippen molar-refractivity contribution in [3.8, 4) is 0 Å². The van der Waals surface area contributed by atoms with E-state index in [1.807, 2.05) is 0 Å². The predicted octanol–water partition coefficient (Wildman–Crippen LogP) is 2.67. The average Bonchev–Trinajstić information content (AvgIpc) is 2.61. The van der Waals surface area contributed by atoms with E-state index in [-0.39, 0.29) is 25.1 Å². The number of halogens is 1. The van der Waals surface area contributed by atoms with E-state index in [9.17, 15) is 14.0 Å². The van der Waals surface area contributed by atoms with Crippen molar-refractivity contribution in [3.63, 3.8) is 0 Å². The van der Waals surface area contributed by atoms with Gasteiger partial charge in [-0.05, 0) is 18.2 Å². The molecule has 0 amide bonds. The van der Waals surface area contributed by atoms with Crippen LogP contribution in [-0.2, 0) is 22.7 Å². The van der Waals surface area contributed by atoms with Crippen LogP contribution in [-0.4, -0.2) is 15.5 Å². The summed E-state index contributed by atoms with van der Waals surface area (Å²) >= 11 is 0. The maximum atomic E-state index is 13.4. The highest BCUT2D eigenvalue weighted by Gasteiger charge is 2.09. The van der Waals surface area contributed by atoms with E-state index in [1.54, 1.807) is 42.5 Å². The minimum atomic E-state index is -0.502. The second-order valence-corrected chi connectivity index (χ2v) is 5.26. The van der Waals surface area contributed by atoms with Crippen LogP contribution in [0, 0.1) is 5.82 Å². The monoisotopic (exact) mass is 326 g/mol. The molecule has 0 saturated carbocycles. The topological polar surface area (TPSA) is 61.2 Å². The molecule has 0 radical (unpaired) electrons. The fourth-order valence-corrected chi connectivity index (χ4v) is 2.32. The first-order valence-corrected chi connectivity index (χ1v) is 7.48. The minimum Gasteiger partial charge on any atom is -0.461 e.